The van der Waals surface area contributed by atoms with E-state index in [0.29, 0.717) is 12.1 Å². The van der Waals surface area contributed by atoms with E-state index in [4.69, 9.17) is 4.74 Å². The Morgan fingerprint density at radius 2 is 2.19 bits per heavy atom. The number of carbonyl (C=O) groups excluding carboxylic acids is 1. The lowest BCUT2D eigenvalue weighted by molar-refractivity contribution is 0.0879. The summed E-state index contributed by atoms with van der Waals surface area (Å²) in [6.45, 7) is 1.50. The molecule has 1 unspecified atom stereocenters. The standard InChI is InChI=1S/C12H16N2O2/c15-12(10-5-2-1-3-6-10)14-13-9-11-7-4-8-16-11/h1-3,5-6,11,13H,4,7-9H2,(H,14,15). The van der Waals surface area contributed by atoms with E-state index in [-0.39, 0.29) is 12.0 Å². The zero-order valence-electron chi connectivity index (χ0n) is 9.11. The number of benzene rings is 1. The molecule has 1 atom stereocenters. The highest BCUT2D eigenvalue weighted by atomic mass is 16.5. The average molecular weight is 220 g/mol. The first kappa shape index (κ1) is 11.1. The monoisotopic (exact) mass is 220 g/mol. The second-order valence-corrected chi connectivity index (χ2v) is 3.84. The summed E-state index contributed by atoms with van der Waals surface area (Å²) in [7, 11) is 0. The minimum atomic E-state index is -0.112. The van der Waals surface area contributed by atoms with E-state index >= 15 is 0 Å². The van der Waals surface area contributed by atoms with Crippen molar-refractivity contribution in [3.05, 3.63) is 35.9 Å². The predicted molar refractivity (Wildman–Crippen MR) is 60.9 cm³/mol. The van der Waals surface area contributed by atoms with Crippen molar-refractivity contribution in [2.75, 3.05) is 13.2 Å². The highest BCUT2D eigenvalue weighted by Gasteiger charge is 2.15. The fourth-order valence-corrected chi connectivity index (χ4v) is 1.71. The van der Waals surface area contributed by atoms with Crippen molar-refractivity contribution in [2.45, 2.75) is 18.9 Å². The van der Waals surface area contributed by atoms with Crippen LogP contribution in [-0.4, -0.2) is 25.2 Å². The topological polar surface area (TPSA) is 50.4 Å². The number of nitrogens with one attached hydrogen (secondary N) is 2. The third-order valence-electron chi connectivity index (χ3n) is 2.59. The van der Waals surface area contributed by atoms with Gasteiger partial charge in [-0.2, -0.15) is 0 Å². The van der Waals surface area contributed by atoms with Gasteiger partial charge in [0.25, 0.3) is 5.91 Å². The molecule has 2 rings (SSSR count). The zero-order valence-corrected chi connectivity index (χ0v) is 9.11. The summed E-state index contributed by atoms with van der Waals surface area (Å²) in [6.07, 6.45) is 2.41. The molecule has 0 spiro atoms. The molecule has 1 aliphatic rings. The van der Waals surface area contributed by atoms with Gasteiger partial charge in [-0.1, -0.05) is 18.2 Å². The average Bonchev–Trinajstić information content (AvgIpc) is 2.83. The number of hydrogen-bond acceptors (Lipinski definition) is 3. The number of carbonyl (C=O) groups is 1. The van der Waals surface area contributed by atoms with Gasteiger partial charge in [0.1, 0.15) is 0 Å². The first-order valence-corrected chi connectivity index (χ1v) is 5.56. The van der Waals surface area contributed by atoms with Crippen LogP contribution in [0.1, 0.15) is 23.2 Å². The molecule has 1 fully saturated rings. The number of ether oxygens (including phenoxy) is 1. The molecule has 1 heterocycles. The second-order valence-electron chi connectivity index (χ2n) is 3.84. The van der Waals surface area contributed by atoms with Gasteiger partial charge in [0.05, 0.1) is 6.10 Å². The van der Waals surface area contributed by atoms with E-state index < -0.39 is 0 Å². The van der Waals surface area contributed by atoms with Gasteiger partial charge in [0.2, 0.25) is 0 Å². The normalized spacial score (nSPS) is 19.6. The molecule has 1 aliphatic heterocycles. The summed E-state index contributed by atoms with van der Waals surface area (Å²) >= 11 is 0. The molecule has 0 aromatic heterocycles. The van der Waals surface area contributed by atoms with Crippen LogP contribution in [0.5, 0.6) is 0 Å². The summed E-state index contributed by atoms with van der Waals surface area (Å²) in [5, 5.41) is 0. The lowest BCUT2D eigenvalue weighted by Gasteiger charge is -2.11. The highest BCUT2D eigenvalue weighted by Crippen LogP contribution is 2.10. The van der Waals surface area contributed by atoms with Crippen LogP contribution >= 0.6 is 0 Å². The largest absolute Gasteiger partial charge is 0.377 e. The summed E-state index contributed by atoms with van der Waals surface area (Å²) in [5.41, 5.74) is 6.21. The van der Waals surface area contributed by atoms with Gasteiger partial charge >= 0.3 is 0 Å². The number of hydrazine groups is 1. The molecule has 86 valence electrons. The molecule has 0 bridgehead atoms. The molecular formula is C12H16N2O2. The minimum Gasteiger partial charge on any atom is -0.377 e. The third kappa shape index (κ3) is 3.05. The van der Waals surface area contributed by atoms with Crippen LogP contribution in [0.4, 0.5) is 0 Å². The summed E-state index contributed by atoms with van der Waals surface area (Å²) in [6, 6.07) is 9.13. The first-order valence-electron chi connectivity index (χ1n) is 5.56. The van der Waals surface area contributed by atoms with E-state index in [9.17, 15) is 4.79 Å². The van der Waals surface area contributed by atoms with Gasteiger partial charge in [-0.3, -0.25) is 10.2 Å². The first-order chi connectivity index (χ1) is 7.86. The van der Waals surface area contributed by atoms with Crippen LogP contribution in [0.25, 0.3) is 0 Å². The Kier molecular flexibility index (Phi) is 3.91. The molecule has 4 heteroatoms. The quantitative estimate of drug-likeness (QED) is 0.747. The Hall–Kier alpha value is -1.39. The smallest absolute Gasteiger partial charge is 0.265 e. The van der Waals surface area contributed by atoms with Crippen molar-refractivity contribution in [1.82, 2.24) is 10.9 Å². The van der Waals surface area contributed by atoms with Crippen LogP contribution in [0.2, 0.25) is 0 Å². The van der Waals surface area contributed by atoms with Crippen molar-refractivity contribution in [1.29, 1.82) is 0 Å². The Labute approximate surface area is 95.0 Å². The minimum absolute atomic E-state index is 0.112. The van der Waals surface area contributed by atoms with Gasteiger partial charge in [0.15, 0.2) is 0 Å². The van der Waals surface area contributed by atoms with Crippen LogP contribution in [0, 0.1) is 0 Å². The van der Waals surface area contributed by atoms with Crippen molar-refractivity contribution in [3.8, 4) is 0 Å². The van der Waals surface area contributed by atoms with E-state index in [1.807, 2.05) is 18.2 Å². The fraction of sp³-hybridized carbons (Fsp3) is 0.417. The van der Waals surface area contributed by atoms with E-state index in [2.05, 4.69) is 10.9 Å². The Bertz CT molecular complexity index is 334. The Morgan fingerprint density at radius 1 is 1.38 bits per heavy atom. The summed E-state index contributed by atoms with van der Waals surface area (Å²) in [4.78, 5) is 11.6. The van der Waals surface area contributed by atoms with Gasteiger partial charge in [0, 0.05) is 18.7 Å². The maximum atomic E-state index is 11.6. The maximum Gasteiger partial charge on any atom is 0.265 e. The van der Waals surface area contributed by atoms with Crippen molar-refractivity contribution >= 4 is 5.91 Å². The van der Waals surface area contributed by atoms with Crippen molar-refractivity contribution in [2.24, 2.45) is 0 Å². The van der Waals surface area contributed by atoms with Gasteiger partial charge in [-0.15, -0.1) is 0 Å². The molecule has 1 amide bonds. The number of hydrogen-bond donors (Lipinski definition) is 2. The van der Waals surface area contributed by atoms with Crippen molar-refractivity contribution in [3.63, 3.8) is 0 Å². The molecule has 4 nitrogen and oxygen atoms in total. The third-order valence-corrected chi connectivity index (χ3v) is 2.59. The van der Waals surface area contributed by atoms with Gasteiger partial charge < -0.3 is 4.74 Å². The molecule has 1 aromatic carbocycles. The lowest BCUT2D eigenvalue weighted by Crippen LogP contribution is -2.41. The molecule has 2 N–H and O–H groups in total. The lowest BCUT2D eigenvalue weighted by atomic mass is 10.2. The Morgan fingerprint density at radius 3 is 2.88 bits per heavy atom. The molecule has 0 saturated carbocycles. The van der Waals surface area contributed by atoms with Crippen LogP contribution in [0.15, 0.2) is 30.3 Å². The SMILES string of the molecule is O=C(NNCC1CCCO1)c1ccccc1. The van der Waals surface area contributed by atoms with E-state index in [1.165, 1.54) is 0 Å². The number of amides is 1. The summed E-state index contributed by atoms with van der Waals surface area (Å²) < 4.78 is 5.43. The molecule has 0 aliphatic carbocycles. The second kappa shape index (κ2) is 5.63. The molecule has 0 radical (unpaired) electrons. The molecule has 1 saturated heterocycles. The highest BCUT2D eigenvalue weighted by molar-refractivity contribution is 5.93. The molecular weight excluding hydrogens is 204 g/mol. The number of rotatable bonds is 4. The Balaban J connectivity index is 1.71. The van der Waals surface area contributed by atoms with E-state index in [1.54, 1.807) is 12.1 Å². The van der Waals surface area contributed by atoms with Gasteiger partial charge in [-0.05, 0) is 25.0 Å². The summed E-state index contributed by atoms with van der Waals surface area (Å²) in [5.74, 6) is -0.112. The maximum absolute atomic E-state index is 11.6. The van der Waals surface area contributed by atoms with Crippen LogP contribution < -0.4 is 10.9 Å². The zero-order chi connectivity index (χ0) is 11.2. The van der Waals surface area contributed by atoms with Crippen molar-refractivity contribution < 1.29 is 9.53 Å². The molecule has 16 heavy (non-hydrogen) atoms. The van der Waals surface area contributed by atoms with Crippen LogP contribution in [-0.2, 0) is 4.74 Å². The molecule has 1 aromatic rings. The van der Waals surface area contributed by atoms with E-state index in [0.717, 1.165) is 19.4 Å². The van der Waals surface area contributed by atoms with Crippen LogP contribution in [0.3, 0.4) is 0 Å². The van der Waals surface area contributed by atoms with Gasteiger partial charge in [-0.25, -0.2) is 5.43 Å². The predicted octanol–water partition coefficient (Wildman–Crippen LogP) is 1.10. The fourth-order valence-electron chi connectivity index (χ4n) is 1.71.